The van der Waals surface area contributed by atoms with Crippen LogP contribution < -0.4 is 10.6 Å². The molecule has 0 radical (unpaired) electrons. The third-order valence-corrected chi connectivity index (χ3v) is 2.36. The molecule has 0 rings (SSSR count). The molecule has 0 heterocycles. The monoisotopic (exact) mass is 360 g/mol. The summed E-state index contributed by atoms with van der Waals surface area (Å²) in [6.45, 7) is 0.410. The van der Waals surface area contributed by atoms with Gasteiger partial charge in [0, 0.05) is 0 Å². The summed E-state index contributed by atoms with van der Waals surface area (Å²) in [6.07, 6.45) is 0. The molecule has 0 aromatic heterocycles. The molecule has 8 nitrogen and oxygen atoms in total. The summed E-state index contributed by atoms with van der Waals surface area (Å²) in [4.78, 5) is 44.1. The lowest BCUT2D eigenvalue weighted by molar-refractivity contribution is -0.211. The third-order valence-electron chi connectivity index (χ3n) is 2.36. The van der Waals surface area contributed by atoms with Crippen molar-refractivity contribution in [3.63, 3.8) is 0 Å². The Bertz CT molecular complexity index is 454. The molecule has 0 aromatic rings. The molecular weight excluding hydrogens is 344 g/mol. The first-order valence-corrected chi connectivity index (χ1v) is 6.64. The van der Waals surface area contributed by atoms with Gasteiger partial charge in [-0.05, 0) is 13.8 Å². The summed E-state index contributed by atoms with van der Waals surface area (Å²) < 4.78 is 62.5. The molecular formula is C12H16F4N2O6. The number of ether oxygens (including phenoxy) is 2. The van der Waals surface area contributed by atoms with Crippen molar-refractivity contribution in [1.29, 1.82) is 0 Å². The molecule has 0 aliphatic carbocycles. The average molecular weight is 360 g/mol. The van der Waals surface area contributed by atoms with E-state index in [0.717, 1.165) is 0 Å². The van der Waals surface area contributed by atoms with E-state index in [1.165, 1.54) is 24.5 Å². The van der Waals surface area contributed by atoms with Gasteiger partial charge in [0.15, 0.2) is 0 Å². The van der Waals surface area contributed by atoms with Crippen molar-refractivity contribution in [1.82, 2.24) is 10.6 Å². The maximum atomic E-state index is 13.5. The number of alkyl halides is 4. The number of halogens is 4. The minimum atomic E-state index is -5.46. The number of carbonyl (C=O) groups excluding carboxylic acids is 4. The average Bonchev–Trinajstić information content (AvgIpc) is 2.50. The Labute approximate surface area is 133 Å². The fraction of sp³-hybridized carbons (Fsp3) is 0.667. The van der Waals surface area contributed by atoms with Gasteiger partial charge in [0.2, 0.25) is 0 Å². The van der Waals surface area contributed by atoms with E-state index in [4.69, 9.17) is 0 Å². The third kappa shape index (κ3) is 5.66. The standard InChI is InChI=1S/C12H16F4N2O6/c1-3-23-7(19)5-17-9(21)11(13,14)12(15,16)10(22)18-6-8(20)24-4-2/h3-6H2,1-2H3,(H,17,21)(H,18,22). The fourth-order valence-corrected chi connectivity index (χ4v) is 1.24. The van der Waals surface area contributed by atoms with Crippen LogP contribution in [0.25, 0.3) is 0 Å². The van der Waals surface area contributed by atoms with Gasteiger partial charge in [-0.1, -0.05) is 0 Å². The highest BCUT2D eigenvalue weighted by molar-refractivity contribution is 5.96. The van der Waals surface area contributed by atoms with E-state index in [9.17, 15) is 36.7 Å². The maximum Gasteiger partial charge on any atom is 0.395 e. The van der Waals surface area contributed by atoms with E-state index in [1.54, 1.807) is 0 Å². The van der Waals surface area contributed by atoms with Crippen LogP contribution in [0.15, 0.2) is 0 Å². The van der Waals surface area contributed by atoms with Gasteiger partial charge in [-0.25, -0.2) is 0 Å². The first-order chi connectivity index (χ1) is 11.0. The molecule has 0 bridgehead atoms. The fourth-order valence-electron chi connectivity index (χ4n) is 1.24. The smallest absolute Gasteiger partial charge is 0.395 e. The number of hydrogen-bond acceptors (Lipinski definition) is 6. The number of nitrogens with one attached hydrogen (secondary N) is 2. The van der Waals surface area contributed by atoms with Gasteiger partial charge in [-0.15, -0.1) is 0 Å². The minimum Gasteiger partial charge on any atom is -0.465 e. The zero-order valence-corrected chi connectivity index (χ0v) is 12.8. The highest BCUT2D eigenvalue weighted by Gasteiger charge is 2.66. The van der Waals surface area contributed by atoms with Crippen LogP contribution in [0.1, 0.15) is 13.8 Å². The lowest BCUT2D eigenvalue weighted by Crippen LogP contribution is -2.60. The van der Waals surface area contributed by atoms with Gasteiger partial charge in [-0.3, -0.25) is 19.2 Å². The number of hydrogen-bond donors (Lipinski definition) is 2. The lowest BCUT2D eigenvalue weighted by atomic mass is 10.1. The predicted molar refractivity (Wildman–Crippen MR) is 69.2 cm³/mol. The van der Waals surface area contributed by atoms with Crippen LogP contribution in [0.5, 0.6) is 0 Å². The summed E-state index contributed by atoms with van der Waals surface area (Å²) in [5, 5.41) is 2.48. The van der Waals surface area contributed by atoms with Gasteiger partial charge in [0.05, 0.1) is 13.2 Å². The summed E-state index contributed by atoms with van der Waals surface area (Å²) in [6, 6.07) is 0. The van der Waals surface area contributed by atoms with Crippen molar-refractivity contribution in [2.75, 3.05) is 26.3 Å². The van der Waals surface area contributed by atoms with Gasteiger partial charge in [0.25, 0.3) is 11.8 Å². The summed E-state index contributed by atoms with van der Waals surface area (Å²) in [5.74, 6) is -18.3. The van der Waals surface area contributed by atoms with E-state index < -0.39 is 48.7 Å². The number of esters is 2. The molecule has 0 fully saturated rings. The second kappa shape index (κ2) is 9.03. The highest BCUT2D eigenvalue weighted by Crippen LogP contribution is 2.34. The minimum absolute atomic E-state index is 0.114. The van der Waals surface area contributed by atoms with Crippen LogP contribution in [0, 0.1) is 0 Å². The number of amides is 2. The Hall–Kier alpha value is -2.40. The predicted octanol–water partition coefficient (Wildman–Crippen LogP) is -0.384. The Morgan fingerprint density at radius 2 is 1.04 bits per heavy atom. The van der Waals surface area contributed by atoms with E-state index in [-0.39, 0.29) is 13.2 Å². The van der Waals surface area contributed by atoms with Crippen LogP contribution in [-0.2, 0) is 28.7 Å². The van der Waals surface area contributed by atoms with Crippen LogP contribution in [-0.4, -0.2) is 61.9 Å². The molecule has 24 heavy (non-hydrogen) atoms. The van der Waals surface area contributed by atoms with Crippen molar-refractivity contribution < 1.29 is 46.2 Å². The topological polar surface area (TPSA) is 111 Å². The first kappa shape index (κ1) is 21.6. The van der Waals surface area contributed by atoms with E-state index >= 15 is 0 Å². The first-order valence-electron chi connectivity index (χ1n) is 6.64. The Balaban J connectivity index is 4.82. The SMILES string of the molecule is CCOC(=O)CNC(=O)C(F)(F)C(F)(F)C(=O)NCC(=O)OCC. The molecule has 12 heteroatoms. The number of rotatable bonds is 9. The molecule has 0 aliphatic heterocycles. The second-order valence-corrected chi connectivity index (χ2v) is 4.12. The van der Waals surface area contributed by atoms with Crippen LogP contribution in [0.4, 0.5) is 17.6 Å². The molecule has 0 atom stereocenters. The zero-order valence-electron chi connectivity index (χ0n) is 12.8. The Kier molecular flexibility index (Phi) is 8.13. The van der Waals surface area contributed by atoms with Crippen molar-refractivity contribution in [3.05, 3.63) is 0 Å². The molecule has 0 spiro atoms. The van der Waals surface area contributed by atoms with E-state index in [2.05, 4.69) is 9.47 Å². The van der Waals surface area contributed by atoms with Crippen LogP contribution in [0.3, 0.4) is 0 Å². The Morgan fingerprint density at radius 1 is 0.750 bits per heavy atom. The van der Waals surface area contributed by atoms with Crippen molar-refractivity contribution in [2.45, 2.75) is 25.7 Å². The van der Waals surface area contributed by atoms with Crippen LogP contribution >= 0.6 is 0 Å². The largest absolute Gasteiger partial charge is 0.465 e. The van der Waals surface area contributed by atoms with Crippen LogP contribution in [0.2, 0.25) is 0 Å². The summed E-state index contributed by atoms with van der Waals surface area (Å²) >= 11 is 0. The quantitative estimate of drug-likeness (QED) is 0.428. The van der Waals surface area contributed by atoms with E-state index in [0.29, 0.717) is 0 Å². The van der Waals surface area contributed by atoms with Gasteiger partial charge in [-0.2, -0.15) is 17.6 Å². The molecule has 2 amide bonds. The molecule has 0 aromatic carbocycles. The molecule has 138 valence electrons. The summed E-state index contributed by atoms with van der Waals surface area (Å²) in [5.41, 5.74) is 0. The van der Waals surface area contributed by atoms with Gasteiger partial charge < -0.3 is 20.1 Å². The second-order valence-electron chi connectivity index (χ2n) is 4.12. The normalized spacial score (nSPS) is 11.4. The van der Waals surface area contributed by atoms with Crippen molar-refractivity contribution in [2.24, 2.45) is 0 Å². The molecule has 0 unspecified atom stereocenters. The lowest BCUT2D eigenvalue weighted by Gasteiger charge is -2.24. The van der Waals surface area contributed by atoms with E-state index in [1.807, 2.05) is 0 Å². The van der Waals surface area contributed by atoms with Crippen molar-refractivity contribution in [3.8, 4) is 0 Å². The number of carbonyl (C=O) groups is 4. The molecule has 0 saturated carbocycles. The van der Waals surface area contributed by atoms with Crippen molar-refractivity contribution >= 4 is 23.8 Å². The van der Waals surface area contributed by atoms with Gasteiger partial charge in [0.1, 0.15) is 13.1 Å². The maximum absolute atomic E-state index is 13.5. The summed E-state index contributed by atoms with van der Waals surface area (Å²) in [7, 11) is 0. The molecule has 0 saturated heterocycles. The molecule has 0 aliphatic rings. The molecule has 2 N–H and O–H groups in total. The Morgan fingerprint density at radius 3 is 1.29 bits per heavy atom. The van der Waals surface area contributed by atoms with Gasteiger partial charge >= 0.3 is 23.8 Å². The highest BCUT2D eigenvalue weighted by atomic mass is 19.3. The zero-order chi connectivity index (χ0) is 19.0.